The van der Waals surface area contributed by atoms with Gasteiger partial charge in [-0.2, -0.15) is 15.5 Å². The normalized spacial score (nSPS) is 15.5. The molecule has 0 bridgehead atoms. The van der Waals surface area contributed by atoms with Gasteiger partial charge < -0.3 is 9.64 Å². The summed E-state index contributed by atoms with van der Waals surface area (Å²) in [7, 11) is 0. The molecule has 1 aromatic carbocycles. The summed E-state index contributed by atoms with van der Waals surface area (Å²) in [6.45, 7) is 6.87. The van der Waals surface area contributed by atoms with E-state index >= 15 is 0 Å². The largest absolute Gasteiger partial charge is 0.489 e. The highest BCUT2D eigenvalue weighted by molar-refractivity contribution is 5.37. The molecule has 1 aliphatic rings. The molecule has 1 aliphatic heterocycles. The van der Waals surface area contributed by atoms with E-state index in [1.807, 2.05) is 41.2 Å². The summed E-state index contributed by atoms with van der Waals surface area (Å²) in [4.78, 5) is 2.48. The molecule has 1 fully saturated rings. The van der Waals surface area contributed by atoms with Gasteiger partial charge in [-0.05, 0) is 57.0 Å². The van der Waals surface area contributed by atoms with Crippen molar-refractivity contribution in [2.24, 2.45) is 0 Å². The summed E-state index contributed by atoms with van der Waals surface area (Å²) in [6.07, 6.45) is 7.45. The lowest BCUT2D eigenvalue weighted by Crippen LogP contribution is -2.39. The first-order valence-electron chi connectivity index (χ1n) is 10.1. The molecule has 0 atom stereocenters. The Morgan fingerprint density at radius 2 is 1.93 bits per heavy atom. The smallest absolute Gasteiger partial charge is 0.145 e. The number of likely N-dealkylation sites (tertiary alicyclic amines) is 1. The zero-order chi connectivity index (χ0) is 20.2. The quantitative estimate of drug-likeness (QED) is 0.643. The average molecular weight is 390 g/mol. The van der Waals surface area contributed by atoms with Crippen molar-refractivity contribution in [2.75, 3.05) is 13.1 Å². The van der Waals surface area contributed by atoms with Crippen molar-refractivity contribution in [1.82, 2.24) is 24.5 Å². The van der Waals surface area contributed by atoms with Crippen LogP contribution in [-0.4, -0.2) is 43.6 Å². The third kappa shape index (κ3) is 4.17. The van der Waals surface area contributed by atoms with Crippen molar-refractivity contribution in [1.29, 1.82) is 5.26 Å². The van der Waals surface area contributed by atoms with E-state index < -0.39 is 0 Å². The molecular weight excluding hydrogens is 364 g/mol. The van der Waals surface area contributed by atoms with Gasteiger partial charge in [-0.15, -0.1) is 0 Å². The van der Waals surface area contributed by atoms with Gasteiger partial charge in [0.15, 0.2) is 0 Å². The van der Waals surface area contributed by atoms with Crippen LogP contribution >= 0.6 is 0 Å². The predicted molar refractivity (Wildman–Crippen MR) is 110 cm³/mol. The molecule has 2 aromatic heterocycles. The van der Waals surface area contributed by atoms with Gasteiger partial charge in [0.25, 0.3) is 0 Å². The summed E-state index contributed by atoms with van der Waals surface area (Å²) in [5.41, 5.74) is 2.41. The number of piperidine rings is 1. The zero-order valence-electron chi connectivity index (χ0n) is 16.9. The molecule has 0 unspecified atom stereocenters. The number of nitrogens with zero attached hydrogens (tertiary/aromatic N) is 6. The van der Waals surface area contributed by atoms with Crippen molar-refractivity contribution in [3.63, 3.8) is 0 Å². The van der Waals surface area contributed by atoms with Crippen LogP contribution in [0.3, 0.4) is 0 Å². The maximum atomic E-state index is 9.71. The molecule has 0 aliphatic carbocycles. The van der Waals surface area contributed by atoms with Crippen LogP contribution in [0.15, 0.2) is 48.9 Å². The Kier molecular flexibility index (Phi) is 5.63. The van der Waals surface area contributed by atoms with Crippen molar-refractivity contribution in [3.05, 3.63) is 60.2 Å². The van der Waals surface area contributed by atoms with Gasteiger partial charge in [0.05, 0.1) is 17.9 Å². The summed E-state index contributed by atoms with van der Waals surface area (Å²) in [5.74, 6) is 0.753. The molecule has 7 nitrogen and oxygen atoms in total. The topological polar surface area (TPSA) is 71.9 Å². The summed E-state index contributed by atoms with van der Waals surface area (Å²) < 4.78 is 9.61. The zero-order valence-corrected chi connectivity index (χ0v) is 16.9. The molecule has 0 amide bonds. The van der Waals surface area contributed by atoms with Crippen LogP contribution in [0.25, 0.3) is 5.69 Å². The van der Waals surface area contributed by atoms with Crippen LogP contribution in [0, 0.1) is 11.3 Å². The van der Waals surface area contributed by atoms with Crippen molar-refractivity contribution >= 4 is 0 Å². The third-order valence-corrected chi connectivity index (χ3v) is 5.55. The number of ether oxygens (including phenoxy) is 1. The molecule has 3 heterocycles. The molecule has 4 rings (SSSR count). The lowest BCUT2D eigenvalue weighted by atomic mass is 10.0. The van der Waals surface area contributed by atoms with Gasteiger partial charge in [-0.25, -0.2) is 4.68 Å². The molecule has 7 heteroatoms. The second kappa shape index (κ2) is 8.50. The van der Waals surface area contributed by atoms with E-state index in [-0.39, 0.29) is 6.04 Å². The summed E-state index contributed by atoms with van der Waals surface area (Å²) in [6, 6.07) is 12.8. The highest BCUT2D eigenvalue weighted by Gasteiger charge is 2.25. The average Bonchev–Trinajstić information content (AvgIpc) is 3.42. The fourth-order valence-corrected chi connectivity index (χ4v) is 3.83. The van der Waals surface area contributed by atoms with Gasteiger partial charge in [-0.3, -0.25) is 4.68 Å². The van der Waals surface area contributed by atoms with E-state index in [2.05, 4.69) is 35.0 Å². The lowest BCUT2D eigenvalue weighted by molar-refractivity contribution is 0.146. The van der Waals surface area contributed by atoms with Crippen molar-refractivity contribution < 1.29 is 4.74 Å². The summed E-state index contributed by atoms with van der Waals surface area (Å²) in [5, 5.41) is 18.5. The molecule has 0 spiro atoms. The molecule has 0 saturated carbocycles. The third-order valence-electron chi connectivity index (χ3n) is 5.55. The van der Waals surface area contributed by atoms with E-state index in [1.54, 1.807) is 17.1 Å². The minimum atomic E-state index is 0.279. The highest BCUT2D eigenvalue weighted by atomic mass is 16.5. The lowest BCUT2D eigenvalue weighted by Gasteiger charge is -2.34. The second-order valence-corrected chi connectivity index (χ2v) is 7.67. The van der Waals surface area contributed by atoms with Crippen LogP contribution in [0.4, 0.5) is 0 Å². The van der Waals surface area contributed by atoms with Gasteiger partial charge in [0.1, 0.15) is 24.1 Å². The Bertz CT molecular complexity index is 960. The number of aromatic nitrogens is 4. The van der Waals surface area contributed by atoms with Gasteiger partial charge in [0, 0.05) is 37.1 Å². The van der Waals surface area contributed by atoms with Crippen LogP contribution in [0.2, 0.25) is 0 Å². The highest BCUT2D eigenvalue weighted by Crippen LogP contribution is 2.26. The van der Waals surface area contributed by atoms with Crippen LogP contribution in [0.1, 0.15) is 44.0 Å². The fourth-order valence-electron chi connectivity index (χ4n) is 3.83. The monoisotopic (exact) mass is 390 g/mol. The first-order chi connectivity index (χ1) is 14.2. The Hall–Kier alpha value is -3.11. The SMILES string of the molecule is CC(C)N1CCC(n2ncc(COc3ccc(-n4cccn4)cc3)c2C#N)CC1. The van der Waals surface area contributed by atoms with E-state index in [4.69, 9.17) is 4.74 Å². The number of hydrogen-bond donors (Lipinski definition) is 0. The second-order valence-electron chi connectivity index (χ2n) is 7.67. The maximum absolute atomic E-state index is 9.71. The van der Waals surface area contributed by atoms with Crippen LogP contribution in [0.5, 0.6) is 5.75 Å². The number of benzene rings is 1. The van der Waals surface area contributed by atoms with Crippen LogP contribution < -0.4 is 4.74 Å². The van der Waals surface area contributed by atoms with Gasteiger partial charge >= 0.3 is 0 Å². The Morgan fingerprint density at radius 3 is 2.55 bits per heavy atom. The minimum absolute atomic E-state index is 0.279. The molecule has 150 valence electrons. The molecular formula is C22H26N6O. The van der Waals surface area contributed by atoms with Crippen LogP contribution in [-0.2, 0) is 6.61 Å². The van der Waals surface area contributed by atoms with Crippen molar-refractivity contribution in [3.8, 4) is 17.5 Å². The van der Waals surface area contributed by atoms with E-state index in [0.29, 0.717) is 18.3 Å². The van der Waals surface area contributed by atoms with Gasteiger partial charge in [0.2, 0.25) is 0 Å². The molecule has 3 aromatic rings. The Morgan fingerprint density at radius 1 is 1.17 bits per heavy atom. The molecule has 1 saturated heterocycles. The van der Waals surface area contributed by atoms with E-state index in [9.17, 15) is 5.26 Å². The predicted octanol–water partition coefficient (Wildman–Crippen LogP) is 3.56. The summed E-state index contributed by atoms with van der Waals surface area (Å²) >= 11 is 0. The standard InChI is InChI=1S/C22H26N6O/c1-17(2)26-12-8-20(9-13-26)28-22(14-23)18(15-25-28)16-29-21-6-4-19(5-7-21)27-11-3-10-24-27/h3-7,10-11,15,17,20H,8-9,12-13,16H2,1-2H3. The number of rotatable bonds is 6. The number of hydrogen-bond acceptors (Lipinski definition) is 5. The minimum Gasteiger partial charge on any atom is -0.489 e. The Labute approximate surface area is 171 Å². The number of nitriles is 1. The molecule has 29 heavy (non-hydrogen) atoms. The van der Waals surface area contributed by atoms with E-state index in [0.717, 1.165) is 42.9 Å². The molecule has 0 radical (unpaired) electrons. The molecule has 0 N–H and O–H groups in total. The first-order valence-corrected chi connectivity index (χ1v) is 10.1. The fraction of sp³-hybridized carbons (Fsp3) is 0.409. The van der Waals surface area contributed by atoms with E-state index in [1.165, 1.54) is 0 Å². The Balaban J connectivity index is 1.40. The first kappa shape index (κ1) is 19.2. The van der Waals surface area contributed by atoms with Crippen molar-refractivity contribution in [2.45, 2.75) is 45.4 Å². The maximum Gasteiger partial charge on any atom is 0.145 e. The van der Waals surface area contributed by atoms with Gasteiger partial charge in [-0.1, -0.05) is 0 Å².